The van der Waals surface area contributed by atoms with Crippen LogP contribution in [0.15, 0.2) is 0 Å². The number of alkyl halides is 2. The van der Waals surface area contributed by atoms with Crippen molar-refractivity contribution in [3.8, 4) is 0 Å². The maximum Gasteiger partial charge on any atom is 1.00 e. The topological polar surface area (TPSA) is 40.1 Å². The predicted octanol–water partition coefficient (Wildman–Crippen LogP) is -1.67. The first-order chi connectivity index (χ1) is 3.12. The Morgan fingerprint density at radius 2 is 1.62 bits per heavy atom. The van der Waals surface area contributed by atoms with Crippen molar-refractivity contribution in [2.45, 2.75) is 0 Å². The SMILES string of the molecule is O=P([O-])(CBr)CBr.[Na+]. The summed E-state index contributed by atoms with van der Waals surface area (Å²) in [7, 11) is -3.07. The molecule has 0 amide bonds. The van der Waals surface area contributed by atoms with Gasteiger partial charge < -0.3 is 9.46 Å². The van der Waals surface area contributed by atoms with E-state index >= 15 is 0 Å². The van der Waals surface area contributed by atoms with Gasteiger partial charge in [0.05, 0.1) is 0 Å². The van der Waals surface area contributed by atoms with Gasteiger partial charge in [-0.05, 0) is 0 Å². The number of hydrogen-bond acceptors (Lipinski definition) is 2. The van der Waals surface area contributed by atoms with Crippen LogP contribution in [0.2, 0.25) is 0 Å². The fourth-order valence-electron chi connectivity index (χ4n) is 0.0319. The molecular weight excluding hydrogens is 270 g/mol. The minimum absolute atomic E-state index is 0. The van der Waals surface area contributed by atoms with Crippen molar-refractivity contribution in [3.05, 3.63) is 0 Å². The van der Waals surface area contributed by atoms with E-state index in [0.29, 0.717) is 0 Å². The Morgan fingerprint density at radius 3 is 1.62 bits per heavy atom. The molecular formula is C2H4Br2NaO2P. The largest absolute Gasteiger partial charge is 1.00 e. The molecule has 44 valence electrons. The molecule has 0 rings (SSSR count). The van der Waals surface area contributed by atoms with Gasteiger partial charge in [-0.2, -0.15) is 0 Å². The third-order valence-electron chi connectivity index (χ3n) is 0.364. The zero-order valence-corrected chi connectivity index (χ0v) is 10.5. The van der Waals surface area contributed by atoms with E-state index < -0.39 is 7.37 Å². The Hall–Kier alpha value is 2.15. The van der Waals surface area contributed by atoms with Crippen LogP contribution in [0.3, 0.4) is 0 Å². The van der Waals surface area contributed by atoms with Gasteiger partial charge in [0, 0.05) is 17.5 Å². The molecule has 0 radical (unpaired) electrons. The first-order valence-corrected chi connectivity index (χ1v) is 5.77. The third kappa shape index (κ3) is 6.27. The molecule has 0 atom stereocenters. The van der Waals surface area contributed by atoms with Gasteiger partial charge in [-0.25, -0.2) is 0 Å². The van der Waals surface area contributed by atoms with Crippen molar-refractivity contribution < 1.29 is 39.0 Å². The van der Waals surface area contributed by atoms with E-state index in [1.54, 1.807) is 0 Å². The predicted molar refractivity (Wildman–Crippen MR) is 35.2 cm³/mol. The molecule has 6 heteroatoms. The van der Waals surface area contributed by atoms with Gasteiger partial charge in [-0.3, -0.25) is 0 Å². The van der Waals surface area contributed by atoms with E-state index in [0.717, 1.165) is 0 Å². The number of hydrogen-bond donors (Lipinski definition) is 0. The van der Waals surface area contributed by atoms with Crippen molar-refractivity contribution in [3.63, 3.8) is 0 Å². The summed E-state index contributed by atoms with van der Waals surface area (Å²) in [5.41, 5.74) is 0. The van der Waals surface area contributed by atoms with E-state index in [1.165, 1.54) is 0 Å². The second-order valence-electron chi connectivity index (χ2n) is 1.05. The molecule has 0 aliphatic carbocycles. The van der Waals surface area contributed by atoms with Gasteiger partial charge in [0.2, 0.25) is 0 Å². The first kappa shape index (κ1) is 12.8. The van der Waals surface area contributed by atoms with Crippen LogP contribution in [-0.2, 0) is 4.57 Å². The summed E-state index contributed by atoms with van der Waals surface area (Å²) in [6.07, 6.45) is 0. The summed E-state index contributed by atoms with van der Waals surface area (Å²) < 4.78 is 10.3. The fraction of sp³-hybridized carbons (Fsp3) is 1.00. The number of halogens is 2. The molecule has 0 aliphatic rings. The molecule has 0 aromatic rings. The maximum absolute atomic E-state index is 10.3. The van der Waals surface area contributed by atoms with E-state index in [1.807, 2.05) is 0 Å². The van der Waals surface area contributed by atoms with Gasteiger partial charge in [0.25, 0.3) is 0 Å². The van der Waals surface area contributed by atoms with E-state index in [2.05, 4.69) is 31.9 Å². The second kappa shape index (κ2) is 5.90. The molecule has 0 saturated carbocycles. The molecule has 0 saturated heterocycles. The fourth-order valence-corrected chi connectivity index (χ4v) is 2.59. The Labute approximate surface area is 87.4 Å². The average molecular weight is 274 g/mol. The number of rotatable bonds is 2. The van der Waals surface area contributed by atoms with Crippen LogP contribution in [0.1, 0.15) is 0 Å². The monoisotopic (exact) mass is 272 g/mol. The Balaban J connectivity index is 0. The van der Waals surface area contributed by atoms with E-state index in [4.69, 9.17) is 0 Å². The van der Waals surface area contributed by atoms with Crippen molar-refractivity contribution in [2.75, 3.05) is 10.1 Å². The zero-order chi connectivity index (χ0) is 5.91. The van der Waals surface area contributed by atoms with E-state index in [-0.39, 0.29) is 39.7 Å². The standard InChI is InChI=1S/C2H5Br2O2P.Na/c3-1-7(5,6)2-4;/h1-2H2,(H,5,6);/q;+1/p-1. The van der Waals surface area contributed by atoms with Crippen molar-refractivity contribution >= 4 is 39.2 Å². The minimum atomic E-state index is -3.07. The molecule has 0 fully saturated rings. The molecule has 2 nitrogen and oxygen atoms in total. The van der Waals surface area contributed by atoms with Crippen LogP contribution < -0.4 is 34.5 Å². The van der Waals surface area contributed by atoms with Gasteiger partial charge >= 0.3 is 29.6 Å². The molecule has 0 bridgehead atoms. The molecule has 0 N–H and O–H groups in total. The van der Waals surface area contributed by atoms with Crippen molar-refractivity contribution in [1.82, 2.24) is 0 Å². The Kier molecular flexibility index (Phi) is 9.43. The van der Waals surface area contributed by atoms with Gasteiger partial charge in [0.15, 0.2) is 0 Å². The Morgan fingerprint density at radius 1 is 1.38 bits per heavy atom. The summed E-state index contributed by atoms with van der Waals surface area (Å²) in [5, 5.41) is 0.122. The molecule has 0 aliphatic heterocycles. The van der Waals surface area contributed by atoms with Crippen LogP contribution in [-0.4, -0.2) is 10.1 Å². The summed E-state index contributed by atoms with van der Waals surface area (Å²) in [6.45, 7) is 0. The molecule has 0 aromatic heterocycles. The van der Waals surface area contributed by atoms with Crippen molar-refractivity contribution in [1.29, 1.82) is 0 Å². The average Bonchev–Trinajstić information content (AvgIpc) is 1.68. The molecule has 0 unspecified atom stereocenters. The normalized spacial score (nSPS) is 10.4. The van der Waals surface area contributed by atoms with Crippen LogP contribution >= 0.6 is 39.2 Å². The van der Waals surface area contributed by atoms with Crippen LogP contribution in [0.25, 0.3) is 0 Å². The Bertz CT molecular complexity index is 90.0. The second-order valence-corrected chi connectivity index (χ2v) is 6.17. The van der Waals surface area contributed by atoms with Crippen LogP contribution in [0, 0.1) is 0 Å². The van der Waals surface area contributed by atoms with Gasteiger partial charge in [-0.15, -0.1) is 0 Å². The molecule has 0 aromatic carbocycles. The molecule has 0 heterocycles. The quantitative estimate of drug-likeness (QED) is 0.343. The minimum Gasteiger partial charge on any atom is -0.798 e. The summed E-state index contributed by atoms with van der Waals surface area (Å²) >= 11 is 5.65. The smallest absolute Gasteiger partial charge is 0.798 e. The van der Waals surface area contributed by atoms with Crippen LogP contribution in [0.5, 0.6) is 0 Å². The first-order valence-electron chi connectivity index (χ1n) is 1.53. The zero-order valence-electron chi connectivity index (χ0n) is 4.43. The molecule has 8 heavy (non-hydrogen) atoms. The summed E-state index contributed by atoms with van der Waals surface area (Å²) in [6, 6.07) is 0. The summed E-state index contributed by atoms with van der Waals surface area (Å²) in [4.78, 5) is 10.3. The third-order valence-corrected chi connectivity index (χ3v) is 5.68. The maximum atomic E-state index is 10.3. The molecule has 0 spiro atoms. The van der Waals surface area contributed by atoms with Crippen molar-refractivity contribution in [2.24, 2.45) is 0 Å². The van der Waals surface area contributed by atoms with E-state index in [9.17, 15) is 9.46 Å². The summed E-state index contributed by atoms with van der Waals surface area (Å²) in [5.74, 6) is 0. The van der Waals surface area contributed by atoms with Crippen LogP contribution in [0.4, 0.5) is 0 Å². The van der Waals surface area contributed by atoms with Gasteiger partial charge in [0.1, 0.15) is 0 Å². The van der Waals surface area contributed by atoms with Gasteiger partial charge in [-0.1, -0.05) is 31.9 Å².